The molecule has 4 heteroatoms. The molecule has 1 aromatic rings. The third-order valence-electron chi connectivity index (χ3n) is 2.43. The van der Waals surface area contributed by atoms with Crippen molar-refractivity contribution in [2.75, 3.05) is 27.8 Å². The first-order chi connectivity index (χ1) is 7.22. The van der Waals surface area contributed by atoms with E-state index in [1.807, 2.05) is 31.3 Å². The maximum absolute atomic E-state index is 5.71. The summed E-state index contributed by atoms with van der Waals surface area (Å²) in [6, 6.07) is 7.87. The lowest BCUT2D eigenvalue weighted by Gasteiger charge is -2.25. The number of ether oxygens (including phenoxy) is 1. The summed E-state index contributed by atoms with van der Waals surface area (Å²) >= 11 is 0. The summed E-state index contributed by atoms with van der Waals surface area (Å²) < 4.78 is 5.16. The highest BCUT2D eigenvalue weighted by Crippen LogP contribution is 2.22. The number of nitrogens with zero attached hydrogens (tertiary/aromatic N) is 1. The summed E-state index contributed by atoms with van der Waals surface area (Å²) in [5.41, 5.74) is 6.79. The lowest BCUT2D eigenvalue weighted by Crippen LogP contribution is -2.29. The van der Waals surface area contributed by atoms with Crippen LogP contribution in [0.15, 0.2) is 24.3 Å². The lowest BCUT2D eigenvalue weighted by molar-refractivity contribution is -0.140. The summed E-state index contributed by atoms with van der Waals surface area (Å²) in [5, 5.41) is 1.73. The van der Waals surface area contributed by atoms with Crippen LogP contribution in [0.4, 0.5) is 0 Å². The average Bonchev–Trinajstić information content (AvgIpc) is 2.30. The van der Waals surface area contributed by atoms with E-state index in [9.17, 15) is 0 Å². The van der Waals surface area contributed by atoms with Gasteiger partial charge in [-0.15, -0.1) is 0 Å². The smallest absolute Gasteiger partial charge is 0.119 e. The van der Waals surface area contributed by atoms with E-state index < -0.39 is 0 Å². The van der Waals surface area contributed by atoms with Gasteiger partial charge in [0.25, 0.3) is 0 Å². The van der Waals surface area contributed by atoms with E-state index in [0.717, 1.165) is 11.3 Å². The molecule has 15 heavy (non-hydrogen) atoms. The van der Waals surface area contributed by atoms with Gasteiger partial charge in [0.15, 0.2) is 0 Å². The van der Waals surface area contributed by atoms with Crippen molar-refractivity contribution < 1.29 is 9.57 Å². The summed E-state index contributed by atoms with van der Waals surface area (Å²) in [6.45, 7) is 0.498. The van der Waals surface area contributed by atoms with E-state index in [-0.39, 0.29) is 6.04 Å². The van der Waals surface area contributed by atoms with Crippen LogP contribution >= 0.6 is 0 Å². The minimum Gasteiger partial charge on any atom is -0.497 e. The molecule has 0 fully saturated rings. The fourth-order valence-electron chi connectivity index (χ4n) is 1.47. The molecule has 1 aromatic carbocycles. The highest BCUT2D eigenvalue weighted by molar-refractivity contribution is 5.30. The Kier molecular flexibility index (Phi) is 4.55. The first-order valence-corrected chi connectivity index (χ1v) is 4.84. The molecule has 0 saturated carbocycles. The van der Waals surface area contributed by atoms with Crippen molar-refractivity contribution >= 4 is 0 Å². The molecule has 1 atom stereocenters. The van der Waals surface area contributed by atoms with Crippen LogP contribution in [0.5, 0.6) is 5.75 Å². The third kappa shape index (κ3) is 2.92. The Morgan fingerprint density at radius 1 is 1.40 bits per heavy atom. The number of nitrogens with two attached hydrogens (primary N) is 1. The number of likely N-dealkylation sites (N-methyl/N-ethyl adjacent to an activating group) is 1. The number of hydroxylamine groups is 2. The van der Waals surface area contributed by atoms with Crippen molar-refractivity contribution in [1.29, 1.82) is 0 Å². The van der Waals surface area contributed by atoms with Crippen molar-refractivity contribution in [2.24, 2.45) is 5.73 Å². The Labute approximate surface area is 90.5 Å². The van der Waals surface area contributed by atoms with Gasteiger partial charge in [-0.2, -0.15) is 5.06 Å². The number of methoxy groups -OCH3 is 1. The largest absolute Gasteiger partial charge is 0.497 e. The van der Waals surface area contributed by atoms with Gasteiger partial charge in [-0.1, -0.05) is 12.1 Å². The maximum atomic E-state index is 5.71. The zero-order chi connectivity index (χ0) is 11.3. The predicted octanol–water partition coefficient (Wildman–Crippen LogP) is 1.19. The SMILES string of the molecule is COc1cccc(C(CN)N(C)OC)c1. The first-order valence-electron chi connectivity index (χ1n) is 4.84. The van der Waals surface area contributed by atoms with Gasteiger partial charge in [0, 0.05) is 13.6 Å². The zero-order valence-corrected chi connectivity index (χ0v) is 9.43. The van der Waals surface area contributed by atoms with Gasteiger partial charge in [-0.05, 0) is 17.7 Å². The summed E-state index contributed by atoms with van der Waals surface area (Å²) in [7, 11) is 5.14. The fraction of sp³-hybridized carbons (Fsp3) is 0.455. The van der Waals surface area contributed by atoms with Crippen molar-refractivity contribution in [2.45, 2.75) is 6.04 Å². The third-order valence-corrected chi connectivity index (χ3v) is 2.43. The van der Waals surface area contributed by atoms with Gasteiger partial charge in [0.1, 0.15) is 5.75 Å². The van der Waals surface area contributed by atoms with E-state index in [1.165, 1.54) is 0 Å². The highest BCUT2D eigenvalue weighted by Gasteiger charge is 2.15. The van der Waals surface area contributed by atoms with Gasteiger partial charge < -0.3 is 15.3 Å². The summed E-state index contributed by atoms with van der Waals surface area (Å²) in [6.07, 6.45) is 0. The summed E-state index contributed by atoms with van der Waals surface area (Å²) in [4.78, 5) is 5.14. The van der Waals surface area contributed by atoms with Crippen LogP contribution in [0, 0.1) is 0 Å². The first kappa shape index (κ1) is 12.0. The second kappa shape index (κ2) is 5.70. The van der Waals surface area contributed by atoms with Crippen molar-refractivity contribution in [3.8, 4) is 5.75 Å². The van der Waals surface area contributed by atoms with Gasteiger partial charge >= 0.3 is 0 Å². The van der Waals surface area contributed by atoms with Crippen molar-refractivity contribution in [3.05, 3.63) is 29.8 Å². The molecule has 1 unspecified atom stereocenters. The molecule has 2 N–H and O–H groups in total. The molecule has 4 nitrogen and oxygen atoms in total. The second-order valence-electron chi connectivity index (χ2n) is 3.26. The molecule has 0 heterocycles. The molecule has 0 aliphatic heterocycles. The van der Waals surface area contributed by atoms with Crippen molar-refractivity contribution in [1.82, 2.24) is 5.06 Å². The van der Waals surface area contributed by atoms with Gasteiger partial charge in [-0.25, -0.2) is 0 Å². The molecular weight excluding hydrogens is 192 g/mol. The molecule has 0 saturated heterocycles. The minimum atomic E-state index is 0.0464. The second-order valence-corrected chi connectivity index (χ2v) is 3.26. The molecular formula is C11H18N2O2. The number of hydrogen-bond donors (Lipinski definition) is 1. The number of hydrogen-bond acceptors (Lipinski definition) is 4. The Balaban J connectivity index is 2.91. The van der Waals surface area contributed by atoms with Crippen LogP contribution in [0.2, 0.25) is 0 Å². The van der Waals surface area contributed by atoms with Crippen LogP contribution in [0.3, 0.4) is 0 Å². The molecule has 0 radical (unpaired) electrons. The Morgan fingerprint density at radius 3 is 2.67 bits per heavy atom. The Morgan fingerprint density at radius 2 is 2.13 bits per heavy atom. The van der Waals surface area contributed by atoms with E-state index in [2.05, 4.69) is 0 Å². The van der Waals surface area contributed by atoms with Crippen LogP contribution in [0.25, 0.3) is 0 Å². The van der Waals surface area contributed by atoms with Crippen LogP contribution in [-0.4, -0.2) is 32.9 Å². The minimum absolute atomic E-state index is 0.0464. The van der Waals surface area contributed by atoms with Crippen LogP contribution in [-0.2, 0) is 4.84 Å². The van der Waals surface area contributed by atoms with Crippen molar-refractivity contribution in [3.63, 3.8) is 0 Å². The van der Waals surface area contributed by atoms with Gasteiger partial charge in [0.05, 0.1) is 20.3 Å². The number of rotatable bonds is 5. The molecule has 0 spiro atoms. The molecule has 0 aliphatic carbocycles. The molecule has 0 aliphatic rings. The predicted molar refractivity (Wildman–Crippen MR) is 59.6 cm³/mol. The molecule has 1 rings (SSSR count). The van der Waals surface area contributed by atoms with Gasteiger partial charge in [-0.3, -0.25) is 0 Å². The van der Waals surface area contributed by atoms with Crippen LogP contribution in [0.1, 0.15) is 11.6 Å². The normalized spacial score (nSPS) is 12.9. The monoisotopic (exact) mass is 210 g/mol. The molecule has 0 amide bonds. The maximum Gasteiger partial charge on any atom is 0.119 e. The van der Waals surface area contributed by atoms with Gasteiger partial charge in [0.2, 0.25) is 0 Å². The zero-order valence-electron chi connectivity index (χ0n) is 9.43. The van der Waals surface area contributed by atoms with Crippen LogP contribution < -0.4 is 10.5 Å². The van der Waals surface area contributed by atoms with E-state index in [1.54, 1.807) is 19.3 Å². The van der Waals surface area contributed by atoms with E-state index in [4.69, 9.17) is 15.3 Å². The topological polar surface area (TPSA) is 47.7 Å². The molecule has 0 bridgehead atoms. The Bertz CT molecular complexity index is 304. The van der Waals surface area contributed by atoms with E-state index in [0.29, 0.717) is 6.54 Å². The Hall–Kier alpha value is -1.10. The fourth-order valence-corrected chi connectivity index (χ4v) is 1.47. The quantitative estimate of drug-likeness (QED) is 0.742. The standard InChI is InChI=1S/C11H18N2O2/c1-13(15-3)11(8-12)9-5-4-6-10(7-9)14-2/h4-7,11H,8,12H2,1-3H3. The molecule has 0 aromatic heterocycles. The van der Waals surface area contributed by atoms with E-state index >= 15 is 0 Å². The number of benzene rings is 1. The molecule has 84 valence electrons. The average molecular weight is 210 g/mol. The summed E-state index contributed by atoms with van der Waals surface area (Å²) in [5.74, 6) is 0.829. The lowest BCUT2D eigenvalue weighted by atomic mass is 10.1. The highest BCUT2D eigenvalue weighted by atomic mass is 16.7.